The highest BCUT2D eigenvalue weighted by molar-refractivity contribution is 5.80. The number of ether oxygens (including phenoxy) is 3. The van der Waals surface area contributed by atoms with Crippen LogP contribution in [0.2, 0.25) is 0 Å². The second-order valence-electron chi connectivity index (χ2n) is 6.13. The Balaban J connectivity index is 1.55. The van der Waals surface area contributed by atoms with Gasteiger partial charge in [0.2, 0.25) is 11.8 Å². The van der Waals surface area contributed by atoms with Crippen LogP contribution in [0.4, 0.5) is 0 Å². The number of aryl methyl sites for hydroxylation is 1. The van der Waals surface area contributed by atoms with Gasteiger partial charge in [0.1, 0.15) is 12.4 Å². The molecule has 138 valence electrons. The highest BCUT2D eigenvalue weighted by atomic mass is 16.5. The highest BCUT2D eigenvalue weighted by Gasteiger charge is 2.44. The van der Waals surface area contributed by atoms with Crippen LogP contribution in [-0.2, 0) is 25.5 Å². The third kappa shape index (κ3) is 3.93. The quantitative estimate of drug-likeness (QED) is 0.664. The van der Waals surface area contributed by atoms with Gasteiger partial charge in [-0.05, 0) is 5.16 Å². The minimum atomic E-state index is -0.135. The minimum Gasteiger partial charge on any atom is -0.479 e. The zero-order chi connectivity index (χ0) is 17.8. The van der Waals surface area contributed by atoms with Crippen molar-refractivity contribution in [2.45, 2.75) is 25.0 Å². The van der Waals surface area contributed by atoms with E-state index < -0.39 is 0 Å². The molecule has 2 atom stereocenters. The van der Waals surface area contributed by atoms with Crippen molar-refractivity contribution in [3.05, 3.63) is 11.8 Å². The van der Waals surface area contributed by atoms with E-state index in [0.29, 0.717) is 50.7 Å². The molecule has 1 aromatic rings. The Morgan fingerprint density at radius 3 is 2.96 bits per heavy atom. The summed E-state index contributed by atoms with van der Waals surface area (Å²) in [7, 11) is 3.11. The number of hydrogen-bond acceptors (Lipinski definition) is 7. The highest BCUT2D eigenvalue weighted by Crippen LogP contribution is 2.24. The van der Waals surface area contributed by atoms with Crippen molar-refractivity contribution in [3.63, 3.8) is 0 Å². The van der Waals surface area contributed by atoms with E-state index >= 15 is 0 Å². The molecule has 3 heterocycles. The Labute approximate surface area is 145 Å². The molecule has 2 aliphatic rings. The number of fused-ring (bicyclic) bond motifs is 1. The molecule has 2 aliphatic heterocycles. The van der Waals surface area contributed by atoms with E-state index in [-0.39, 0.29) is 30.6 Å². The summed E-state index contributed by atoms with van der Waals surface area (Å²) < 4.78 is 20.7. The van der Waals surface area contributed by atoms with E-state index in [4.69, 9.17) is 18.7 Å². The van der Waals surface area contributed by atoms with Crippen molar-refractivity contribution in [1.29, 1.82) is 0 Å². The molecule has 2 fully saturated rings. The summed E-state index contributed by atoms with van der Waals surface area (Å²) in [6.07, 6.45) is 0.627. The average Bonchev–Trinajstić information content (AvgIpc) is 3.25. The second kappa shape index (κ2) is 7.83. The molecule has 9 nitrogen and oxygen atoms in total. The summed E-state index contributed by atoms with van der Waals surface area (Å²) in [5.74, 6) is 0.958. The summed E-state index contributed by atoms with van der Waals surface area (Å²) in [6.45, 7) is 2.03. The van der Waals surface area contributed by atoms with Crippen molar-refractivity contribution >= 4 is 11.8 Å². The topological polar surface area (TPSA) is 94.3 Å². The maximum absolute atomic E-state index is 12.5. The molecule has 0 radical (unpaired) electrons. The Morgan fingerprint density at radius 1 is 1.40 bits per heavy atom. The van der Waals surface area contributed by atoms with Gasteiger partial charge in [0, 0.05) is 45.7 Å². The zero-order valence-electron chi connectivity index (χ0n) is 14.5. The van der Waals surface area contributed by atoms with Gasteiger partial charge in [0.15, 0.2) is 0 Å². The van der Waals surface area contributed by atoms with Crippen LogP contribution in [-0.4, -0.2) is 86.0 Å². The first-order valence-corrected chi connectivity index (χ1v) is 8.29. The molecule has 0 unspecified atom stereocenters. The number of aromatic nitrogens is 1. The number of carbonyl (C=O) groups is 2. The van der Waals surface area contributed by atoms with Crippen molar-refractivity contribution in [3.8, 4) is 5.88 Å². The van der Waals surface area contributed by atoms with E-state index in [1.54, 1.807) is 23.0 Å². The minimum absolute atomic E-state index is 0.00695. The van der Waals surface area contributed by atoms with Gasteiger partial charge < -0.3 is 28.5 Å². The van der Waals surface area contributed by atoms with Gasteiger partial charge in [-0.3, -0.25) is 9.59 Å². The molecule has 0 aromatic carbocycles. The number of amides is 2. The fourth-order valence-corrected chi connectivity index (χ4v) is 3.25. The number of rotatable bonds is 7. The first-order chi connectivity index (χ1) is 12.1. The van der Waals surface area contributed by atoms with Gasteiger partial charge in [0.05, 0.1) is 25.9 Å². The van der Waals surface area contributed by atoms with Crippen LogP contribution in [0.1, 0.15) is 12.2 Å². The normalized spacial score (nSPS) is 23.0. The van der Waals surface area contributed by atoms with Crippen molar-refractivity contribution in [2.75, 3.05) is 47.1 Å². The van der Waals surface area contributed by atoms with Gasteiger partial charge >= 0.3 is 0 Å². The van der Waals surface area contributed by atoms with E-state index in [9.17, 15) is 9.59 Å². The van der Waals surface area contributed by atoms with Crippen LogP contribution in [0.3, 0.4) is 0 Å². The molecule has 0 aliphatic carbocycles. The summed E-state index contributed by atoms with van der Waals surface area (Å²) in [4.78, 5) is 28.1. The Morgan fingerprint density at radius 2 is 2.24 bits per heavy atom. The number of methoxy groups -OCH3 is 2. The first kappa shape index (κ1) is 17.7. The number of hydrogen-bond donors (Lipinski definition) is 0. The van der Waals surface area contributed by atoms with E-state index in [1.807, 2.05) is 0 Å². The molecule has 25 heavy (non-hydrogen) atoms. The predicted octanol–water partition coefficient (Wildman–Crippen LogP) is -0.300. The third-order valence-corrected chi connectivity index (χ3v) is 4.60. The molecular formula is C16H23N3O6. The van der Waals surface area contributed by atoms with Crippen LogP contribution in [0.15, 0.2) is 10.6 Å². The lowest BCUT2D eigenvalue weighted by Crippen LogP contribution is -2.54. The van der Waals surface area contributed by atoms with E-state index in [0.717, 1.165) is 0 Å². The van der Waals surface area contributed by atoms with E-state index in [2.05, 4.69) is 5.16 Å². The fraction of sp³-hybridized carbons (Fsp3) is 0.688. The molecular weight excluding hydrogens is 330 g/mol. The summed E-state index contributed by atoms with van der Waals surface area (Å²) in [5, 5.41) is 3.72. The van der Waals surface area contributed by atoms with Crippen molar-refractivity contribution < 1.29 is 28.3 Å². The van der Waals surface area contributed by atoms with Gasteiger partial charge in [-0.2, -0.15) is 0 Å². The van der Waals surface area contributed by atoms with Gasteiger partial charge in [-0.25, -0.2) is 0 Å². The molecule has 2 saturated heterocycles. The van der Waals surface area contributed by atoms with Crippen LogP contribution in [0.5, 0.6) is 5.88 Å². The van der Waals surface area contributed by atoms with Crippen LogP contribution >= 0.6 is 0 Å². The monoisotopic (exact) mass is 353 g/mol. The summed E-state index contributed by atoms with van der Waals surface area (Å²) >= 11 is 0. The largest absolute Gasteiger partial charge is 0.479 e. The molecule has 3 rings (SSSR count). The fourth-order valence-electron chi connectivity index (χ4n) is 3.25. The number of morpholine rings is 1. The third-order valence-electron chi connectivity index (χ3n) is 4.60. The number of nitrogens with zero attached hydrogens (tertiary/aromatic N) is 3. The molecule has 0 saturated carbocycles. The van der Waals surface area contributed by atoms with Gasteiger partial charge in [-0.15, -0.1) is 0 Å². The Bertz CT molecular complexity index is 619. The lowest BCUT2D eigenvalue weighted by molar-refractivity contribution is -0.153. The molecule has 0 spiro atoms. The molecule has 0 bridgehead atoms. The Hall–Kier alpha value is -2.13. The van der Waals surface area contributed by atoms with E-state index in [1.165, 1.54) is 7.11 Å². The molecule has 0 N–H and O–H groups in total. The van der Waals surface area contributed by atoms with Crippen molar-refractivity contribution in [2.24, 2.45) is 0 Å². The first-order valence-electron chi connectivity index (χ1n) is 8.29. The summed E-state index contributed by atoms with van der Waals surface area (Å²) in [6, 6.07) is 1.57. The van der Waals surface area contributed by atoms with Crippen molar-refractivity contribution in [1.82, 2.24) is 15.0 Å². The van der Waals surface area contributed by atoms with Crippen LogP contribution in [0, 0.1) is 0 Å². The number of likely N-dealkylation sites (tertiary alicyclic amines) is 1. The maximum atomic E-state index is 12.5. The van der Waals surface area contributed by atoms with Crippen LogP contribution in [0.25, 0.3) is 0 Å². The average molecular weight is 353 g/mol. The smallest absolute Gasteiger partial charge is 0.254 e. The van der Waals surface area contributed by atoms with Crippen LogP contribution < -0.4 is 4.74 Å². The second-order valence-corrected chi connectivity index (χ2v) is 6.13. The molecule has 2 amide bonds. The Kier molecular flexibility index (Phi) is 5.54. The molecule has 9 heteroatoms. The SMILES string of the molecule is COCCN1C(=O)CO[C@H]2CN(C(=O)CCc3cc(OC)no3)C[C@@H]21. The molecule has 1 aromatic heterocycles. The standard InChI is InChI=1S/C16H23N3O6/c1-22-6-5-19-12-8-18(9-13(12)24-10-16(19)21)15(20)4-3-11-7-14(23-2)17-25-11/h7,12-13H,3-6,8-10H2,1-2H3/t12-,13-/m0/s1. The summed E-state index contributed by atoms with van der Waals surface area (Å²) in [5.41, 5.74) is 0. The lowest BCUT2D eigenvalue weighted by atomic mass is 10.1. The zero-order valence-corrected chi connectivity index (χ0v) is 14.5. The predicted molar refractivity (Wildman–Crippen MR) is 85.1 cm³/mol. The van der Waals surface area contributed by atoms with Gasteiger partial charge in [0.25, 0.3) is 5.88 Å². The number of carbonyl (C=O) groups excluding carboxylic acids is 2. The maximum Gasteiger partial charge on any atom is 0.254 e. The van der Waals surface area contributed by atoms with Gasteiger partial charge in [-0.1, -0.05) is 0 Å². The lowest BCUT2D eigenvalue weighted by Gasteiger charge is -2.36.